The molecule has 160 valence electrons. The second-order valence-electron chi connectivity index (χ2n) is 6.75. The number of fused-ring (bicyclic) bond motifs is 1. The Labute approximate surface area is 173 Å². The number of sulfonamides is 1. The molecule has 1 aliphatic heterocycles. The lowest BCUT2D eigenvalue weighted by Crippen LogP contribution is -2.33. The smallest absolute Gasteiger partial charge is 0.311 e. The summed E-state index contributed by atoms with van der Waals surface area (Å²) in [5.74, 6) is -0.0157. The summed E-state index contributed by atoms with van der Waals surface area (Å²) in [6.45, 7) is 0.130. The Morgan fingerprint density at radius 3 is 2.60 bits per heavy atom. The largest absolute Gasteiger partial charge is 0.490 e. The molecule has 0 fully saturated rings. The third-order valence-electron chi connectivity index (χ3n) is 4.74. The van der Waals surface area contributed by atoms with E-state index in [1.165, 1.54) is 50.4 Å². The molecular formula is C19H21N3O7S. The van der Waals surface area contributed by atoms with Crippen molar-refractivity contribution in [2.45, 2.75) is 11.3 Å². The maximum Gasteiger partial charge on any atom is 0.311 e. The molecule has 10 nitrogen and oxygen atoms in total. The normalized spacial score (nSPS) is 13.3. The van der Waals surface area contributed by atoms with Gasteiger partial charge in [0.2, 0.25) is 15.8 Å². The monoisotopic (exact) mass is 435 g/mol. The SMILES string of the molecule is COc1cc(OCC(=O)N2CCc3cc(S(=O)(=O)N(C)C)ccc32)ccc1[N+](=O)[O-]. The summed E-state index contributed by atoms with van der Waals surface area (Å²) >= 11 is 0. The molecule has 11 heteroatoms. The second-order valence-corrected chi connectivity index (χ2v) is 8.90. The summed E-state index contributed by atoms with van der Waals surface area (Å²) in [7, 11) is 0.678. The van der Waals surface area contributed by atoms with E-state index >= 15 is 0 Å². The highest BCUT2D eigenvalue weighted by atomic mass is 32.2. The summed E-state index contributed by atoms with van der Waals surface area (Å²) < 4.78 is 36.2. The number of amides is 1. The van der Waals surface area contributed by atoms with Crippen LogP contribution in [-0.4, -0.2) is 57.9 Å². The van der Waals surface area contributed by atoms with Crippen molar-refractivity contribution < 1.29 is 27.6 Å². The number of ether oxygens (including phenoxy) is 2. The lowest BCUT2D eigenvalue weighted by Gasteiger charge is -2.18. The van der Waals surface area contributed by atoms with Crippen molar-refractivity contribution >= 4 is 27.3 Å². The van der Waals surface area contributed by atoms with Crippen molar-refractivity contribution in [1.29, 1.82) is 0 Å². The van der Waals surface area contributed by atoms with Crippen LogP contribution >= 0.6 is 0 Å². The molecule has 0 N–H and O–H groups in total. The van der Waals surface area contributed by atoms with Crippen molar-refractivity contribution in [1.82, 2.24) is 4.31 Å². The molecule has 0 saturated heterocycles. The number of rotatable bonds is 7. The van der Waals surface area contributed by atoms with Gasteiger partial charge in [-0.1, -0.05) is 0 Å². The van der Waals surface area contributed by atoms with Gasteiger partial charge in [-0.25, -0.2) is 12.7 Å². The van der Waals surface area contributed by atoms with E-state index in [-0.39, 0.29) is 34.6 Å². The first-order chi connectivity index (χ1) is 14.1. The van der Waals surface area contributed by atoms with E-state index in [1.54, 1.807) is 12.1 Å². The minimum Gasteiger partial charge on any atom is -0.490 e. The van der Waals surface area contributed by atoms with Gasteiger partial charge in [-0.05, 0) is 36.2 Å². The van der Waals surface area contributed by atoms with Crippen LogP contribution < -0.4 is 14.4 Å². The predicted octanol–water partition coefficient (Wildman–Crippen LogP) is 1.82. The second kappa shape index (κ2) is 8.28. The van der Waals surface area contributed by atoms with Crippen molar-refractivity contribution in [2.75, 3.05) is 39.3 Å². The summed E-state index contributed by atoms with van der Waals surface area (Å²) in [6.07, 6.45) is 0.531. The summed E-state index contributed by atoms with van der Waals surface area (Å²) in [5, 5.41) is 11.0. The predicted molar refractivity (Wildman–Crippen MR) is 109 cm³/mol. The number of benzene rings is 2. The van der Waals surface area contributed by atoms with Crippen LogP contribution in [-0.2, 0) is 21.2 Å². The average Bonchev–Trinajstić information content (AvgIpc) is 3.14. The first-order valence-electron chi connectivity index (χ1n) is 8.96. The molecule has 2 aromatic carbocycles. The van der Waals surface area contributed by atoms with Crippen molar-refractivity contribution in [3.63, 3.8) is 0 Å². The van der Waals surface area contributed by atoms with Crippen LogP contribution in [0, 0.1) is 10.1 Å². The number of nitro groups is 1. The van der Waals surface area contributed by atoms with Crippen LogP contribution in [0.15, 0.2) is 41.3 Å². The topological polar surface area (TPSA) is 119 Å². The van der Waals surface area contributed by atoms with Gasteiger partial charge in [-0.3, -0.25) is 14.9 Å². The van der Waals surface area contributed by atoms with Crippen LogP contribution in [0.1, 0.15) is 5.56 Å². The van der Waals surface area contributed by atoms with Gasteiger partial charge in [0.15, 0.2) is 6.61 Å². The molecule has 0 bridgehead atoms. The molecule has 3 rings (SSSR count). The number of carbonyl (C=O) groups excluding carboxylic acids is 1. The molecule has 0 saturated carbocycles. The molecule has 0 atom stereocenters. The van der Waals surface area contributed by atoms with Gasteiger partial charge < -0.3 is 14.4 Å². The fourth-order valence-corrected chi connectivity index (χ4v) is 4.08. The summed E-state index contributed by atoms with van der Waals surface area (Å²) in [5.41, 5.74) is 1.21. The van der Waals surface area contributed by atoms with E-state index in [9.17, 15) is 23.3 Å². The highest BCUT2D eigenvalue weighted by molar-refractivity contribution is 7.89. The van der Waals surface area contributed by atoms with Crippen molar-refractivity contribution in [2.24, 2.45) is 0 Å². The molecule has 30 heavy (non-hydrogen) atoms. The van der Waals surface area contributed by atoms with Crippen molar-refractivity contribution in [3.8, 4) is 11.5 Å². The standard InChI is InChI=1S/C19H21N3O7S/c1-20(2)30(26,27)15-5-7-16-13(10-15)8-9-21(16)19(23)12-29-14-4-6-17(22(24)25)18(11-14)28-3/h4-7,10-11H,8-9,12H2,1-3H3. The van der Waals surface area contributed by atoms with Crippen LogP contribution in [0.25, 0.3) is 0 Å². The third kappa shape index (κ3) is 4.07. The number of hydrogen-bond donors (Lipinski definition) is 0. The van der Waals surface area contributed by atoms with Gasteiger partial charge in [0.05, 0.1) is 16.9 Å². The van der Waals surface area contributed by atoms with Crippen LogP contribution in [0.2, 0.25) is 0 Å². The maximum absolute atomic E-state index is 12.6. The van der Waals surface area contributed by atoms with Gasteiger partial charge in [0, 0.05) is 38.5 Å². The third-order valence-corrected chi connectivity index (χ3v) is 6.55. The molecular weight excluding hydrogens is 414 g/mol. The van der Waals surface area contributed by atoms with Crippen LogP contribution in [0.3, 0.4) is 0 Å². The van der Waals surface area contributed by atoms with Gasteiger partial charge >= 0.3 is 5.69 Å². The van der Waals surface area contributed by atoms with Crippen LogP contribution in [0.5, 0.6) is 11.5 Å². The Balaban J connectivity index is 1.72. The Kier molecular flexibility index (Phi) is 5.94. The Bertz CT molecular complexity index is 1100. The van der Waals surface area contributed by atoms with E-state index in [4.69, 9.17) is 9.47 Å². The number of hydrogen-bond acceptors (Lipinski definition) is 7. The average molecular weight is 435 g/mol. The molecule has 0 aliphatic carbocycles. The van der Waals surface area contributed by atoms with Gasteiger partial charge in [-0.15, -0.1) is 0 Å². The molecule has 1 heterocycles. The zero-order valence-corrected chi connectivity index (χ0v) is 17.5. The van der Waals surface area contributed by atoms with E-state index in [0.717, 1.165) is 9.87 Å². The van der Waals surface area contributed by atoms with Crippen molar-refractivity contribution in [3.05, 3.63) is 52.1 Å². The molecule has 0 aromatic heterocycles. The van der Waals surface area contributed by atoms with Crippen LogP contribution in [0.4, 0.5) is 11.4 Å². The Morgan fingerprint density at radius 1 is 1.23 bits per heavy atom. The quantitative estimate of drug-likeness (QED) is 0.481. The fraction of sp³-hybridized carbons (Fsp3) is 0.316. The highest BCUT2D eigenvalue weighted by Crippen LogP contribution is 2.32. The lowest BCUT2D eigenvalue weighted by atomic mass is 10.2. The molecule has 1 amide bonds. The fourth-order valence-electron chi connectivity index (χ4n) is 3.13. The minimum atomic E-state index is -3.55. The molecule has 1 aliphatic rings. The Hall–Kier alpha value is -3.18. The zero-order valence-electron chi connectivity index (χ0n) is 16.7. The van der Waals surface area contributed by atoms with Gasteiger partial charge in [-0.2, -0.15) is 0 Å². The van der Waals surface area contributed by atoms with E-state index in [1.807, 2.05) is 0 Å². The number of carbonyl (C=O) groups is 1. The first-order valence-corrected chi connectivity index (χ1v) is 10.4. The number of nitro benzene ring substituents is 1. The molecule has 0 unspecified atom stereocenters. The lowest BCUT2D eigenvalue weighted by molar-refractivity contribution is -0.385. The van der Waals surface area contributed by atoms with Gasteiger partial charge in [0.25, 0.3) is 5.91 Å². The first kappa shape index (κ1) is 21.5. The number of methoxy groups -OCH3 is 1. The van der Waals surface area contributed by atoms with E-state index < -0.39 is 14.9 Å². The highest BCUT2D eigenvalue weighted by Gasteiger charge is 2.27. The van der Waals surface area contributed by atoms with E-state index in [0.29, 0.717) is 18.7 Å². The molecule has 0 radical (unpaired) electrons. The van der Waals surface area contributed by atoms with E-state index in [2.05, 4.69) is 0 Å². The number of nitrogens with zero attached hydrogens (tertiary/aromatic N) is 3. The minimum absolute atomic E-state index is 0.0334. The maximum atomic E-state index is 12.6. The summed E-state index contributed by atoms with van der Waals surface area (Å²) in [6, 6.07) is 8.66. The molecule has 0 spiro atoms. The summed E-state index contributed by atoms with van der Waals surface area (Å²) in [4.78, 5) is 24.7. The number of anilines is 1. The molecule has 2 aromatic rings. The van der Waals surface area contributed by atoms with Gasteiger partial charge in [0.1, 0.15) is 5.75 Å². The Morgan fingerprint density at radius 2 is 1.97 bits per heavy atom. The zero-order chi connectivity index (χ0) is 22.1.